The van der Waals surface area contributed by atoms with Gasteiger partial charge in [-0.3, -0.25) is 4.98 Å². The minimum Gasteiger partial charge on any atom is -0.399 e. The third kappa shape index (κ3) is 2.63. The Morgan fingerprint density at radius 2 is 2.25 bits per heavy atom. The van der Waals surface area contributed by atoms with Crippen molar-refractivity contribution in [1.29, 1.82) is 0 Å². The van der Waals surface area contributed by atoms with E-state index in [4.69, 9.17) is 5.73 Å². The molecule has 0 bridgehead atoms. The number of likely N-dealkylation sites (tertiary alicyclic amines) is 1. The number of pyridine rings is 1. The van der Waals surface area contributed by atoms with Crippen LogP contribution in [0.15, 0.2) is 30.5 Å². The molecule has 20 heavy (non-hydrogen) atoms. The van der Waals surface area contributed by atoms with Crippen molar-refractivity contribution in [3.63, 3.8) is 0 Å². The summed E-state index contributed by atoms with van der Waals surface area (Å²) in [5.74, 6) is 0.569. The van der Waals surface area contributed by atoms with E-state index in [0.29, 0.717) is 5.92 Å². The molecule has 1 aromatic carbocycles. The van der Waals surface area contributed by atoms with E-state index >= 15 is 0 Å². The molecule has 1 aliphatic rings. The molecule has 0 aliphatic carbocycles. The smallest absolute Gasteiger partial charge is 0.0526 e. The number of hydrogen-bond acceptors (Lipinski definition) is 3. The number of unbranched alkanes of at least 4 members (excludes halogenated alkanes) is 1. The first-order valence-corrected chi connectivity index (χ1v) is 7.64. The normalized spacial score (nSPS) is 19.8. The molecule has 106 valence electrons. The quantitative estimate of drug-likeness (QED) is 0.865. The van der Waals surface area contributed by atoms with Gasteiger partial charge in [-0.25, -0.2) is 0 Å². The maximum atomic E-state index is 5.88. The lowest BCUT2D eigenvalue weighted by molar-refractivity contribution is 0.328. The molecule has 3 rings (SSSR count). The molecule has 0 radical (unpaired) electrons. The van der Waals surface area contributed by atoms with E-state index < -0.39 is 0 Å². The number of nitrogens with two attached hydrogens (primary N) is 1. The molecule has 3 heteroatoms. The summed E-state index contributed by atoms with van der Waals surface area (Å²) >= 11 is 0. The van der Waals surface area contributed by atoms with Crippen molar-refractivity contribution in [1.82, 2.24) is 9.88 Å². The molecule has 1 unspecified atom stereocenters. The second kappa shape index (κ2) is 5.80. The number of aromatic nitrogens is 1. The first kappa shape index (κ1) is 13.4. The van der Waals surface area contributed by atoms with Gasteiger partial charge in [0, 0.05) is 29.7 Å². The van der Waals surface area contributed by atoms with Gasteiger partial charge in [0.2, 0.25) is 0 Å². The lowest BCUT2D eigenvalue weighted by atomic mass is 9.98. The highest BCUT2D eigenvalue weighted by Gasteiger charge is 2.25. The Kier molecular flexibility index (Phi) is 3.88. The summed E-state index contributed by atoms with van der Waals surface area (Å²) in [6.07, 6.45) is 5.71. The largest absolute Gasteiger partial charge is 0.399 e. The molecule has 1 aromatic heterocycles. The number of benzene rings is 1. The Hall–Kier alpha value is -1.61. The molecule has 1 saturated heterocycles. The van der Waals surface area contributed by atoms with E-state index in [1.54, 1.807) is 0 Å². The van der Waals surface area contributed by atoms with E-state index in [2.05, 4.69) is 28.9 Å². The van der Waals surface area contributed by atoms with Gasteiger partial charge in [0.05, 0.1) is 5.69 Å². The molecule has 0 saturated carbocycles. The summed E-state index contributed by atoms with van der Waals surface area (Å²) in [5.41, 5.74) is 7.95. The van der Waals surface area contributed by atoms with E-state index in [1.165, 1.54) is 48.8 Å². The maximum absolute atomic E-state index is 5.88. The second-order valence-electron chi connectivity index (χ2n) is 5.82. The molecule has 0 amide bonds. The zero-order valence-corrected chi connectivity index (χ0v) is 12.2. The molecule has 2 heterocycles. The Labute approximate surface area is 120 Å². The van der Waals surface area contributed by atoms with Crippen LogP contribution in [-0.4, -0.2) is 29.5 Å². The van der Waals surface area contributed by atoms with Crippen LogP contribution in [0.3, 0.4) is 0 Å². The molecular formula is C17H23N3. The molecule has 2 aromatic rings. The summed E-state index contributed by atoms with van der Waals surface area (Å²) in [4.78, 5) is 7.24. The molecule has 1 atom stereocenters. The first-order valence-electron chi connectivity index (χ1n) is 7.64. The monoisotopic (exact) mass is 269 g/mol. The van der Waals surface area contributed by atoms with Crippen LogP contribution in [0.5, 0.6) is 0 Å². The van der Waals surface area contributed by atoms with Crippen LogP contribution >= 0.6 is 0 Å². The SMILES string of the molecule is CCCCN1CCC(c2nccc3cc(N)ccc23)C1. The van der Waals surface area contributed by atoms with Crippen LogP contribution in [0.1, 0.15) is 37.8 Å². The van der Waals surface area contributed by atoms with Crippen LogP contribution in [0, 0.1) is 0 Å². The van der Waals surface area contributed by atoms with Gasteiger partial charge in [-0.2, -0.15) is 0 Å². The molecule has 0 spiro atoms. The number of nitrogens with zero attached hydrogens (tertiary/aromatic N) is 2. The zero-order valence-electron chi connectivity index (χ0n) is 12.2. The highest BCUT2D eigenvalue weighted by atomic mass is 15.1. The van der Waals surface area contributed by atoms with E-state index in [1.807, 2.05) is 18.3 Å². The highest BCUT2D eigenvalue weighted by molar-refractivity contribution is 5.87. The predicted octanol–water partition coefficient (Wildman–Crippen LogP) is 3.41. The average Bonchev–Trinajstić information content (AvgIpc) is 2.92. The fourth-order valence-corrected chi connectivity index (χ4v) is 3.19. The number of anilines is 1. The maximum Gasteiger partial charge on any atom is 0.0526 e. The van der Waals surface area contributed by atoms with Crippen molar-refractivity contribution in [2.45, 2.75) is 32.1 Å². The Morgan fingerprint density at radius 3 is 3.10 bits per heavy atom. The van der Waals surface area contributed by atoms with Crippen molar-refractivity contribution in [3.05, 3.63) is 36.2 Å². The Bertz CT molecular complexity index is 594. The highest BCUT2D eigenvalue weighted by Crippen LogP contribution is 2.31. The lowest BCUT2D eigenvalue weighted by Crippen LogP contribution is -2.21. The summed E-state index contributed by atoms with van der Waals surface area (Å²) in [6.45, 7) is 5.84. The van der Waals surface area contributed by atoms with Gasteiger partial charge in [-0.1, -0.05) is 19.4 Å². The van der Waals surface area contributed by atoms with Crippen molar-refractivity contribution in [2.24, 2.45) is 0 Å². The minimum atomic E-state index is 0.569. The van der Waals surface area contributed by atoms with Gasteiger partial charge in [0.15, 0.2) is 0 Å². The minimum absolute atomic E-state index is 0.569. The van der Waals surface area contributed by atoms with Crippen LogP contribution in [-0.2, 0) is 0 Å². The van der Waals surface area contributed by atoms with E-state index in [-0.39, 0.29) is 0 Å². The van der Waals surface area contributed by atoms with Gasteiger partial charge in [0.1, 0.15) is 0 Å². The third-order valence-corrected chi connectivity index (χ3v) is 4.31. The second-order valence-corrected chi connectivity index (χ2v) is 5.82. The topological polar surface area (TPSA) is 42.2 Å². The average molecular weight is 269 g/mol. The first-order chi connectivity index (χ1) is 9.78. The summed E-state index contributed by atoms with van der Waals surface area (Å²) in [7, 11) is 0. The molecule has 2 N–H and O–H groups in total. The van der Waals surface area contributed by atoms with Crippen molar-refractivity contribution < 1.29 is 0 Å². The van der Waals surface area contributed by atoms with Crippen molar-refractivity contribution in [3.8, 4) is 0 Å². The molecule has 3 nitrogen and oxygen atoms in total. The van der Waals surface area contributed by atoms with Crippen LogP contribution < -0.4 is 5.73 Å². The van der Waals surface area contributed by atoms with E-state index in [0.717, 1.165) is 12.2 Å². The van der Waals surface area contributed by atoms with Crippen molar-refractivity contribution in [2.75, 3.05) is 25.4 Å². The zero-order chi connectivity index (χ0) is 13.9. The van der Waals surface area contributed by atoms with Gasteiger partial charge >= 0.3 is 0 Å². The van der Waals surface area contributed by atoms with Gasteiger partial charge in [-0.05, 0) is 49.5 Å². The molecule has 1 fully saturated rings. The molecular weight excluding hydrogens is 246 g/mol. The van der Waals surface area contributed by atoms with Crippen LogP contribution in [0.25, 0.3) is 10.8 Å². The summed E-state index contributed by atoms with van der Waals surface area (Å²) < 4.78 is 0. The molecule has 1 aliphatic heterocycles. The number of rotatable bonds is 4. The van der Waals surface area contributed by atoms with Crippen LogP contribution in [0.2, 0.25) is 0 Å². The van der Waals surface area contributed by atoms with E-state index in [9.17, 15) is 0 Å². The van der Waals surface area contributed by atoms with Gasteiger partial charge in [-0.15, -0.1) is 0 Å². The van der Waals surface area contributed by atoms with Gasteiger partial charge in [0.25, 0.3) is 0 Å². The fraction of sp³-hybridized carbons (Fsp3) is 0.471. The number of hydrogen-bond donors (Lipinski definition) is 1. The fourth-order valence-electron chi connectivity index (χ4n) is 3.19. The third-order valence-electron chi connectivity index (χ3n) is 4.31. The standard InChI is InChI=1S/C17H23N3/c1-2-3-9-20-10-7-14(12-20)17-16-5-4-15(18)11-13(16)6-8-19-17/h4-6,8,11,14H,2-3,7,9-10,12,18H2,1H3. The number of nitrogen functional groups attached to an aromatic ring is 1. The Morgan fingerprint density at radius 1 is 1.35 bits per heavy atom. The predicted molar refractivity (Wildman–Crippen MR) is 84.9 cm³/mol. The lowest BCUT2D eigenvalue weighted by Gasteiger charge is -2.16. The summed E-state index contributed by atoms with van der Waals surface area (Å²) in [6, 6.07) is 8.21. The van der Waals surface area contributed by atoms with Crippen LogP contribution in [0.4, 0.5) is 5.69 Å². The van der Waals surface area contributed by atoms with Crippen molar-refractivity contribution >= 4 is 16.5 Å². The van der Waals surface area contributed by atoms with Gasteiger partial charge < -0.3 is 10.6 Å². The summed E-state index contributed by atoms with van der Waals surface area (Å²) in [5, 5.41) is 2.48. The number of fused-ring (bicyclic) bond motifs is 1. The Balaban J connectivity index is 1.84.